The van der Waals surface area contributed by atoms with Gasteiger partial charge in [0.2, 0.25) is 0 Å². The SMILES string of the molecule is CO[Si](CCCOCC1(C)COC1)(OC)OC. The Kier molecular flexibility index (Phi) is 6.05. The fraction of sp³-hybridized carbons (Fsp3) is 1.00. The molecule has 0 aromatic rings. The molecule has 5 nitrogen and oxygen atoms in total. The van der Waals surface area contributed by atoms with Gasteiger partial charge in [0.15, 0.2) is 0 Å². The van der Waals surface area contributed by atoms with Crippen LogP contribution in [0.25, 0.3) is 0 Å². The molecule has 0 atom stereocenters. The first-order valence-electron chi connectivity index (χ1n) is 5.91. The molecule has 1 fully saturated rings. The molecule has 17 heavy (non-hydrogen) atoms. The highest BCUT2D eigenvalue weighted by molar-refractivity contribution is 6.60. The van der Waals surface area contributed by atoms with E-state index in [1.807, 2.05) is 0 Å². The molecule has 0 aliphatic carbocycles. The maximum absolute atomic E-state index is 5.65. The van der Waals surface area contributed by atoms with Crippen LogP contribution in [0.4, 0.5) is 0 Å². The second kappa shape index (κ2) is 6.82. The van der Waals surface area contributed by atoms with Gasteiger partial charge >= 0.3 is 8.80 Å². The van der Waals surface area contributed by atoms with Gasteiger partial charge in [-0.15, -0.1) is 0 Å². The highest BCUT2D eigenvalue weighted by atomic mass is 28.4. The maximum Gasteiger partial charge on any atom is 0.500 e. The van der Waals surface area contributed by atoms with Crippen LogP contribution < -0.4 is 0 Å². The zero-order valence-electron chi connectivity index (χ0n) is 11.3. The Hall–Kier alpha value is 0.0169. The van der Waals surface area contributed by atoms with E-state index in [-0.39, 0.29) is 5.41 Å². The molecule has 0 amide bonds. The van der Waals surface area contributed by atoms with E-state index in [2.05, 4.69) is 6.92 Å². The van der Waals surface area contributed by atoms with Crippen LogP contribution in [-0.2, 0) is 22.8 Å². The fourth-order valence-electron chi connectivity index (χ4n) is 1.80. The fourth-order valence-corrected chi connectivity index (χ4v) is 3.49. The summed E-state index contributed by atoms with van der Waals surface area (Å²) in [6.45, 7) is 5.25. The second-order valence-electron chi connectivity index (χ2n) is 4.75. The van der Waals surface area contributed by atoms with Crippen LogP contribution in [0, 0.1) is 5.41 Å². The van der Waals surface area contributed by atoms with Gasteiger partial charge in [0, 0.05) is 39.4 Å². The first-order valence-corrected chi connectivity index (χ1v) is 7.84. The van der Waals surface area contributed by atoms with Crippen LogP contribution in [0.15, 0.2) is 0 Å². The molecule has 0 aromatic heterocycles. The predicted octanol–water partition coefficient (Wildman–Crippen LogP) is 1.31. The van der Waals surface area contributed by atoms with Crippen LogP contribution in [0.2, 0.25) is 6.04 Å². The molecule has 1 rings (SSSR count). The predicted molar refractivity (Wildman–Crippen MR) is 66.0 cm³/mol. The highest BCUT2D eigenvalue weighted by Gasteiger charge is 2.37. The molecule has 0 spiro atoms. The van der Waals surface area contributed by atoms with Gasteiger partial charge < -0.3 is 22.8 Å². The molecule has 0 saturated carbocycles. The van der Waals surface area contributed by atoms with Crippen LogP contribution >= 0.6 is 0 Å². The van der Waals surface area contributed by atoms with Crippen molar-refractivity contribution in [2.75, 3.05) is 47.8 Å². The molecule has 102 valence electrons. The average molecular weight is 264 g/mol. The smallest absolute Gasteiger partial charge is 0.381 e. The summed E-state index contributed by atoms with van der Waals surface area (Å²) in [6, 6.07) is 0.781. The summed E-state index contributed by atoms with van der Waals surface area (Å²) in [5.74, 6) is 0. The number of hydrogen-bond donors (Lipinski definition) is 0. The minimum Gasteiger partial charge on any atom is -0.381 e. The Morgan fingerprint density at radius 2 is 1.71 bits per heavy atom. The van der Waals surface area contributed by atoms with E-state index in [9.17, 15) is 0 Å². The first kappa shape index (κ1) is 15.1. The highest BCUT2D eigenvalue weighted by Crippen LogP contribution is 2.26. The quantitative estimate of drug-likeness (QED) is 0.464. The molecule has 1 aliphatic rings. The third-order valence-corrected chi connectivity index (χ3v) is 5.89. The zero-order valence-corrected chi connectivity index (χ0v) is 12.3. The van der Waals surface area contributed by atoms with Crippen molar-refractivity contribution in [3.63, 3.8) is 0 Å². The summed E-state index contributed by atoms with van der Waals surface area (Å²) in [6.07, 6.45) is 0.888. The van der Waals surface area contributed by atoms with E-state index in [1.54, 1.807) is 21.3 Å². The second-order valence-corrected chi connectivity index (χ2v) is 7.85. The standard InChI is InChI=1S/C11H24O5Si/c1-11(9-16-10-11)8-15-6-5-7-17(12-2,13-3)14-4/h5-10H2,1-4H3. The lowest BCUT2D eigenvalue weighted by Crippen LogP contribution is -2.44. The van der Waals surface area contributed by atoms with E-state index >= 15 is 0 Å². The largest absolute Gasteiger partial charge is 0.500 e. The summed E-state index contributed by atoms with van der Waals surface area (Å²) < 4.78 is 26.8. The molecule has 0 N–H and O–H groups in total. The van der Waals surface area contributed by atoms with Crippen molar-refractivity contribution in [1.82, 2.24) is 0 Å². The summed E-state index contributed by atoms with van der Waals surface area (Å²) in [5.41, 5.74) is 0.221. The normalized spacial score (nSPS) is 19.1. The molecule has 6 heteroatoms. The lowest BCUT2D eigenvalue weighted by atomic mass is 9.90. The van der Waals surface area contributed by atoms with Gasteiger partial charge in [0.1, 0.15) is 0 Å². The number of hydrogen-bond acceptors (Lipinski definition) is 5. The monoisotopic (exact) mass is 264 g/mol. The summed E-state index contributed by atoms with van der Waals surface area (Å²) in [5, 5.41) is 0. The molecule has 0 aromatic carbocycles. The first-order chi connectivity index (χ1) is 8.10. The molecular formula is C11H24O5Si. The molecule has 1 aliphatic heterocycles. The molecule has 0 radical (unpaired) electrons. The van der Waals surface area contributed by atoms with Crippen molar-refractivity contribution in [1.29, 1.82) is 0 Å². The molecule has 1 heterocycles. The minimum absolute atomic E-state index is 0.221. The van der Waals surface area contributed by atoms with Crippen LogP contribution in [0.1, 0.15) is 13.3 Å². The van der Waals surface area contributed by atoms with E-state index < -0.39 is 8.80 Å². The summed E-state index contributed by atoms with van der Waals surface area (Å²) in [7, 11) is 2.48. The van der Waals surface area contributed by atoms with E-state index in [1.165, 1.54) is 0 Å². The topological polar surface area (TPSA) is 46.2 Å². The van der Waals surface area contributed by atoms with Crippen LogP contribution in [0.3, 0.4) is 0 Å². The van der Waals surface area contributed by atoms with Crippen LogP contribution in [-0.4, -0.2) is 56.6 Å². The van der Waals surface area contributed by atoms with Crippen molar-refractivity contribution in [2.24, 2.45) is 5.41 Å². The number of ether oxygens (including phenoxy) is 2. The zero-order chi connectivity index (χ0) is 12.8. The Balaban J connectivity index is 2.10. The molecule has 0 bridgehead atoms. The van der Waals surface area contributed by atoms with Crippen molar-refractivity contribution in [3.05, 3.63) is 0 Å². The van der Waals surface area contributed by atoms with E-state index in [0.717, 1.165) is 32.3 Å². The Morgan fingerprint density at radius 3 is 2.12 bits per heavy atom. The van der Waals surface area contributed by atoms with Crippen molar-refractivity contribution >= 4 is 8.80 Å². The molecule has 1 saturated heterocycles. The minimum atomic E-state index is -2.41. The lowest BCUT2D eigenvalue weighted by Gasteiger charge is -2.37. The third-order valence-electron chi connectivity index (χ3n) is 3.06. The van der Waals surface area contributed by atoms with Gasteiger partial charge in [-0.1, -0.05) is 6.92 Å². The van der Waals surface area contributed by atoms with Gasteiger partial charge in [-0.25, -0.2) is 0 Å². The van der Waals surface area contributed by atoms with Gasteiger partial charge in [0.05, 0.1) is 19.8 Å². The Morgan fingerprint density at radius 1 is 1.12 bits per heavy atom. The van der Waals surface area contributed by atoms with Gasteiger partial charge in [-0.05, 0) is 6.42 Å². The van der Waals surface area contributed by atoms with Gasteiger partial charge in [0.25, 0.3) is 0 Å². The van der Waals surface area contributed by atoms with E-state index in [0.29, 0.717) is 6.61 Å². The van der Waals surface area contributed by atoms with Crippen molar-refractivity contribution < 1.29 is 22.8 Å². The summed E-state index contributed by atoms with van der Waals surface area (Å²) in [4.78, 5) is 0. The molecule has 0 unspecified atom stereocenters. The van der Waals surface area contributed by atoms with Gasteiger partial charge in [-0.3, -0.25) is 0 Å². The number of rotatable bonds is 9. The average Bonchev–Trinajstić information content (AvgIpc) is 2.32. The Labute approximate surface area is 105 Å². The third kappa shape index (κ3) is 4.31. The van der Waals surface area contributed by atoms with E-state index in [4.69, 9.17) is 22.8 Å². The lowest BCUT2D eigenvalue weighted by molar-refractivity contribution is -0.137. The summed E-state index contributed by atoms with van der Waals surface area (Å²) >= 11 is 0. The van der Waals surface area contributed by atoms with Crippen molar-refractivity contribution in [3.8, 4) is 0 Å². The van der Waals surface area contributed by atoms with Gasteiger partial charge in [-0.2, -0.15) is 0 Å². The molecular weight excluding hydrogens is 240 g/mol. The Bertz CT molecular complexity index is 208. The van der Waals surface area contributed by atoms with Crippen molar-refractivity contribution in [2.45, 2.75) is 19.4 Å². The van der Waals surface area contributed by atoms with Crippen LogP contribution in [0.5, 0.6) is 0 Å². The maximum atomic E-state index is 5.65.